The van der Waals surface area contributed by atoms with Gasteiger partial charge in [-0.05, 0) is 50.3 Å². The predicted molar refractivity (Wildman–Crippen MR) is 77.0 cm³/mol. The second-order valence-electron chi connectivity index (χ2n) is 5.32. The zero-order chi connectivity index (χ0) is 13.8. The van der Waals surface area contributed by atoms with Crippen molar-refractivity contribution in [3.63, 3.8) is 0 Å². The number of aryl methyl sites for hydroxylation is 1. The number of carbonyl (C=O) groups is 1. The number of nitrogens with two attached hydrogens (primary N) is 1. The fraction of sp³-hybridized carbons (Fsp3) is 0.533. The molecule has 1 fully saturated rings. The molecule has 1 aromatic rings. The minimum atomic E-state index is -0.181. The Morgan fingerprint density at radius 3 is 2.58 bits per heavy atom. The van der Waals surface area contributed by atoms with E-state index in [1.807, 2.05) is 19.1 Å². The molecule has 0 bridgehead atoms. The Morgan fingerprint density at radius 2 is 2.00 bits per heavy atom. The van der Waals surface area contributed by atoms with Crippen LogP contribution in [0.25, 0.3) is 0 Å². The van der Waals surface area contributed by atoms with Gasteiger partial charge in [-0.1, -0.05) is 6.07 Å². The smallest absolute Gasteiger partial charge is 0.302 e. The lowest BCUT2D eigenvalue weighted by Gasteiger charge is -2.29. The van der Waals surface area contributed by atoms with Gasteiger partial charge in [0.25, 0.3) is 0 Å². The normalized spacial score (nSPS) is 22.8. The highest BCUT2D eigenvalue weighted by Crippen LogP contribution is 2.27. The Kier molecular flexibility index (Phi) is 4.30. The summed E-state index contributed by atoms with van der Waals surface area (Å²) in [6, 6.07) is 6.48. The van der Waals surface area contributed by atoms with Gasteiger partial charge in [0, 0.05) is 13.0 Å². The van der Waals surface area contributed by atoms with E-state index >= 15 is 0 Å². The summed E-state index contributed by atoms with van der Waals surface area (Å²) in [5.74, 6) is -0.181. The molecular formula is C15H22N2O2. The van der Waals surface area contributed by atoms with Crippen LogP contribution < -0.4 is 11.1 Å². The fourth-order valence-electron chi connectivity index (χ4n) is 2.59. The third kappa shape index (κ3) is 3.88. The Balaban J connectivity index is 1.87. The first kappa shape index (κ1) is 13.7. The number of hydrogen-bond donors (Lipinski definition) is 2. The van der Waals surface area contributed by atoms with E-state index in [1.54, 1.807) is 0 Å². The van der Waals surface area contributed by atoms with Crippen molar-refractivity contribution in [1.82, 2.24) is 0 Å². The monoisotopic (exact) mass is 262 g/mol. The molecule has 0 atom stereocenters. The lowest BCUT2D eigenvalue weighted by molar-refractivity contribution is -0.147. The number of esters is 1. The zero-order valence-electron chi connectivity index (χ0n) is 11.6. The number of hydrogen-bond acceptors (Lipinski definition) is 4. The molecule has 4 nitrogen and oxygen atoms in total. The molecular weight excluding hydrogens is 240 g/mol. The van der Waals surface area contributed by atoms with Crippen molar-refractivity contribution in [3.05, 3.63) is 23.8 Å². The van der Waals surface area contributed by atoms with Crippen LogP contribution in [-0.4, -0.2) is 18.1 Å². The van der Waals surface area contributed by atoms with Crippen LogP contribution >= 0.6 is 0 Å². The molecule has 0 saturated heterocycles. The van der Waals surface area contributed by atoms with Crippen molar-refractivity contribution in [3.8, 4) is 0 Å². The van der Waals surface area contributed by atoms with E-state index < -0.39 is 0 Å². The summed E-state index contributed by atoms with van der Waals surface area (Å²) in [5.41, 5.74) is 8.96. The van der Waals surface area contributed by atoms with Crippen molar-refractivity contribution in [2.45, 2.75) is 51.7 Å². The molecule has 0 radical (unpaired) electrons. The Morgan fingerprint density at radius 1 is 1.32 bits per heavy atom. The summed E-state index contributed by atoms with van der Waals surface area (Å²) >= 11 is 0. The van der Waals surface area contributed by atoms with Crippen molar-refractivity contribution in [1.29, 1.82) is 0 Å². The van der Waals surface area contributed by atoms with E-state index in [4.69, 9.17) is 10.5 Å². The van der Waals surface area contributed by atoms with Gasteiger partial charge < -0.3 is 15.8 Å². The molecule has 2 rings (SSSR count). The van der Waals surface area contributed by atoms with Crippen molar-refractivity contribution in [2.75, 3.05) is 11.1 Å². The quantitative estimate of drug-likeness (QED) is 0.649. The minimum absolute atomic E-state index is 0.0888. The largest absolute Gasteiger partial charge is 0.463 e. The molecule has 0 heterocycles. The van der Waals surface area contributed by atoms with Crippen molar-refractivity contribution in [2.24, 2.45) is 0 Å². The molecule has 1 aliphatic rings. The molecule has 104 valence electrons. The third-order valence-electron chi connectivity index (χ3n) is 3.57. The van der Waals surface area contributed by atoms with Gasteiger partial charge >= 0.3 is 5.97 Å². The predicted octanol–water partition coefficient (Wildman–Crippen LogP) is 2.86. The molecule has 0 amide bonds. The lowest BCUT2D eigenvalue weighted by atomic mass is 9.92. The van der Waals surface area contributed by atoms with Crippen LogP contribution in [-0.2, 0) is 9.53 Å². The molecule has 1 saturated carbocycles. The summed E-state index contributed by atoms with van der Waals surface area (Å²) in [7, 11) is 0. The molecule has 1 aliphatic carbocycles. The van der Waals surface area contributed by atoms with Crippen LogP contribution in [0.5, 0.6) is 0 Å². The van der Waals surface area contributed by atoms with Crippen LogP contribution in [0.2, 0.25) is 0 Å². The lowest BCUT2D eigenvalue weighted by Crippen LogP contribution is -2.30. The third-order valence-corrected chi connectivity index (χ3v) is 3.57. The van der Waals surface area contributed by atoms with Gasteiger partial charge in [0.1, 0.15) is 6.10 Å². The second-order valence-corrected chi connectivity index (χ2v) is 5.32. The van der Waals surface area contributed by atoms with Crippen LogP contribution in [0.4, 0.5) is 11.4 Å². The first-order valence-electron chi connectivity index (χ1n) is 6.84. The average Bonchev–Trinajstić information content (AvgIpc) is 2.34. The van der Waals surface area contributed by atoms with E-state index in [2.05, 4.69) is 11.4 Å². The molecule has 19 heavy (non-hydrogen) atoms. The number of anilines is 2. The van der Waals surface area contributed by atoms with Crippen molar-refractivity contribution < 1.29 is 9.53 Å². The molecule has 0 aliphatic heterocycles. The molecule has 0 aromatic heterocycles. The minimum Gasteiger partial charge on any atom is -0.463 e. The number of nitrogens with one attached hydrogen (secondary N) is 1. The Hall–Kier alpha value is -1.71. The summed E-state index contributed by atoms with van der Waals surface area (Å²) in [4.78, 5) is 10.9. The van der Waals surface area contributed by atoms with E-state index in [9.17, 15) is 4.79 Å². The molecule has 3 N–H and O–H groups in total. The fourth-order valence-corrected chi connectivity index (χ4v) is 2.59. The number of carbonyl (C=O) groups excluding carboxylic acids is 1. The van der Waals surface area contributed by atoms with Gasteiger partial charge in [0.2, 0.25) is 0 Å². The van der Waals surface area contributed by atoms with E-state index in [-0.39, 0.29) is 12.1 Å². The summed E-state index contributed by atoms with van der Waals surface area (Å²) < 4.78 is 5.24. The van der Waals surface area contributed by atoms with Gasteiger partial charge in [0.15, 0.2) is 0 Å². The van der Waals surface area contributed by atoms with Crippen LogP contribution in [0.3, 0.4) is 0 Å². The maximum Gasteiger partial charge on any atom is 0.302 e. The number of ether oxygens (including phenoxy) is 1. The van der Waals surface area contributed by atoms with Crippen LogP contribution in [0.1, 0.15) is 38.2 Å². The number of benzene rings is 1. The van der Waals surface area contributed by atoms with E-state index in [0.29, 0.717) is 6.04 Å². The summed E-state index contributed by atoms with van der Waals surface area (Å²) in [5, 5.41) is 3.48. The van der Waals surface area contributed by atoms with Gasteiger partial charge in [0.05, 0.1) is 11.4 Å². The summed E-state index contributed by atoms with van der Waals surface area (Å²) in [6.07, 6.45) is 3.94. The molecule has 0 unspecified atom stereocenters. The molecule has 0 spiro atoms. The maximum atomic E-state index is 10.9. The van der Waals surface area contributed by atoms with Crippen LogP contribution in [0.15, 0.2) is 18.2 Å². The molecule has 4 heteroatoms. The SMILES string of the molecule is CC(=O)OC1CCC(Nc2ccc(C)cc2N)CC1. The standard InChI is InChI=1S/C15H22N2O2/c1-10-3-8-15(14(16)9-10)17-12-4-6-13(7-5-12)19-11(2)18/h3,8-9,12-13,17H,4-7,16H2,1-2H3. The molecule has 1 aromatic carbocycles. The maximum absolute atomic E-state index is 10.9. The van der Waals surface area contributed by atoms with Gasteiger partial charge in [-0.15, -0.1) is 0 Å². The van der Waals surface area contributed by atoms with Gasteiger partial charge in [-0.3, -0.25) is 4.79 Å². The van der Waals surface area contributed by atoms with E-state index in [0.717, 1.165) is 37.1 Å². The number of rotatable bonds is 3. The van der Waals surface area contributed by atoms with Gasteiger partial charge in [-0.25, -0.2) is 0 Å². The van der Waals surface area contributed by atoms with E-state index in [1.165, 1.54) is 12.5 Å². The van der Waals surface area contributed by atoms with Crippen LogP contribution in [0, 0.1) is 6.92 Å². The topological polar surface area (TPSA) is 64.3 Å². The van der Waals surface area contributed by atoms with Gasteiger partial charge in [-0.2, -0.15) is 0 Å². The number of nitrogen functional groups attached to an aromatic ring is 1. The average molecular weight is 262 g/mol. The highest BCUT2D eigenvalue weighted by atomic mass is 16.5. The first-order valence-corrected chi connectivity index (χ1v) is 6.84. The highest BCUT2D eigenvalue weighted by Gasteiger charge is 2.23. The highest BCUT2D eigenvalue weighted by molar-refractivity contribution is 5.67. The summed E-state index contributed by atoms with van der Waals surface area (Å²) in [6.45, 7) is 3.50. The second kappa shape index (κ2) is 5.95. The first-order chi connectivity index (χ1) is 9.04. The Labute approximate surface area is 114 Å². The Bertz CT molecular complexity index is 451. The zero-order valence-corrected chi connectivity index (χ0v) is 11.6. The van der Waals surface area contributed by atoms with Crippen molar-refractivity contribution >= 4 is 17.3 Å².